The van der Waals surface area contributed by atoms with Crippen molar-refractivity contribution in [2.45, 2.75) is 39.2 Å². The summed E-state index contributed by atoms with van der Waals surface area (Å²) in [6, 6.07) is 6.16. The first kappa shape index (κ1) is 22.7. The zero-order chi connectivity index (χ0) is 21.8. The van der Waals surface area contributed by atoms with Crippen molar-refractivity contribution in [1.29, 1.82) is 0 Å². The summed E-state index contributed by atoms with van der Waals surface area (Å²) < 4.78 is 0. The Morgan fingerprint density at radius 2 is 2.06 bits per heavy atom. The lowest BCUT2D eigenvalue weighted by molar-refractivity contribution is 0.120. The van der Waals surface area contributed by atoms with Crippen LogP contribution < -0.4 is 10.2 Å². The lowest BCUT2D eigenvalue weighted by Gasteiger charge is -2.47. The molecule has 7 heteroatoms. The number of aryl methyl sites for hydroxylation is 1. The van der Waals surface area contributed by atoms with Gasteiger partial charge in [-0.15, -0.1) is 0 Å². The predicted octanol–water partition coefficient (Wildman–Crippen LogP) is 5.08. The number of nitrogens with zero attached hydrogens (tertiary/aromatic N) is 4. The zero-order valence-corrected chi connectivity index (χ0v) is 20.2. The molecule has 5 nitrogen and oxygen atoms in total. The normalized spacial score (nSPS) is 21.0. The minimum absolute atomic E-state index is 0.136. The summed E-state index contributed by atoms with van der Waals surface area (Å²) >= 11 is 10.5. The molecule has 2 aliphatic rings. The minimum atomic E-state index is 0.136. The first-order chi connectivity index (χ1) is 15.0. The van der Waals surface area contributed by atoms with Gasteiger partial charge in [0.1, 0.15) is 11.6 Å². The van der Waals surface area contributed by atoms with Crippen LogP contribution >= 0.6 is 24.2 Å². The molecule has 0 bridgehead atoms. The average Bonchev–Trinajstić information content (AvgIpc) is 2.72. The predicted molar refractivity (Wildman–Crippen MR) is 134 cm³/mol. The molecular formula is C24H34ClN5S. The molecular weight excluding hydrogens is 426 g/mol. The average molecular weight is 460 g/mol. The van der Waals surface area contributed by atoms with E-state index < -0.39 is 0 Å². The van der Waals surface area contributed by atoms with E-state index in [0.29, 0.717) is 0 Å². The molecule has 0 unspecified atom stereocenters. The monoisotopic (exact) mass is 459 g/mol. The first-order valence-electron chi connectivity index (χ1n) is 11.5. The highest BCUT2D eigenvalue weighted by Crippen LogP contribution is 2.33. The van der Waals surface area contributed by atoms with Crippen molar-refractivity contribution < 1.29 is 0 Å². The quantitative estimate of drug-likeness (QED) is 0.539. The number of anilines is 2. The minimum Gasteiger partial charge on any atom is -0.362 e. The number of piperidine rings is 1. The highest BCUT2D eigenvalue weighted by atomic mass is 35.5. The van der Waals surface area contributed by atoms with Gasteiger partial charge in [0.15, 0.2) is 0 Å². The molecule has 1 N–H and O–H groups in total. The fraction of sp³-hybridized carbons (Fsp3) is 0.583. The number of halogens is 1. The number of hydrogen-bond acceptors (Lipinski definition) is 6. The molecule has 168 valence electrons. The van der Waals surface area contributed by atoms with E-state index in [0.717, 1.165) is 47.3 Å². The summed E-state index contributed by atoms with van der Waals surface area (Å²) in [4.78, 5) is 14.3. The lowest BCUT2D eigenvalue weighted by Crippen LogP contribution is -2.54. The molecule has 2 fully saturated rings. The van der Waals surface area contributed by atoms with Crippen LogP contribution in [0.3, 0.4) is 0 Å². The molecule has 3 heterocycles. The maximum absolute atomic E-state index is 6.10. The van der Waals surface area contributed by atoms with E-state index in [1.807, 2.05) is 24.5 Å². The summed E-state index contributed by atoms with van der Waals surface area (Å²) in [6.07, 6.45) is 7.58. The van der Waals surface area contributed by atoms with Gasteiger partial charge in [0, 0.05) is 24.7 Å². The maximum Gasteiger partial charge on any atom is 0.149 e. The van der Waals surface area contributed by atoms with Gasteiger partial charge in [-0.2, -0.15) is 12.6 Å². The van der Waals surface area contributed by atoms with E-state index >= 15 is 0 Å². The summed E-state index contributed by atoms with van der Waals surface area (Å²) in [5, 5.41) is 4.27. The number of benzene rings is 1. The van der Waals surface area contributed by atoms with E-state index in [2.05, 4.69) is 52.6 Å². The van der Waals surface area contributed by atoms with Crippen LogP contribution in [0.2, 0.25) is 5.02 Å². The zero-order valence-electron chi connectivity index (χ0n) is 18.6. The van der Waals surface area contributed by atoms with Crippen molar-refractivity contribution in [1.82, 2.24) is 14.9 Å². The number of thiol groups is 1. The van der Waals surface area contributed by atoms with Crippen molar-refractivity contribution in [2.75, 3.05) is 48.7 Å². The summed E-state index contributed by atoms with van der Waals surface area (Å²) in [5.74, 6) is 4.36. The Morgan fingerprint density at radius 1 is 1.23 bits per heavy atom. The van der Waals surface area contributed by atoms with Crippen molar-refractivity contribution in [3.05, 3.63) is 46.7 Å². The van der Waals surface area contributed by atoms with Crippen LogP contribution in [0.5, 0.6) is 0 Å². The van der Waals surface area contributed by atoms with Gasteiger partial charge in [0.25, 0.3) is 0 Å². The van der Waals surface area contributed by atoms with Crippen molar-refractivity contribution in [3.8, 4) is 0 Å². The van der Waals surface area contributed by atoms with E-state index in [1.165, 1.54) is 50.0 Å². The highest BCUT2D eigenvalue weighted by molar-refractivity contribution is 7.80. The van der Waals surface area contributed by atoms with Gasteiger partial charge in [-0.25, -0.2) is 4.98 Å². The van der Waals surface area contributed by atoms with Gasteiger partial charge >= 0.3 is 0 Å². The molecule has 2 saturated heterocycles. The smallest absolute Gasteiger partial charge is 0.149 e. The van der Waals surface area contributed by atoms with Crippen molar-refractivity contribution in [3.63, 3.8) is 0 Å². The third kappa shape index (κ3) is 5.65. The Bertz CT molecular complexity index is 873. The number of likely N-dealkylation sites (tertiary alicyclic amines) is 1. The number of rotatable bonds is 8. The Hall–Kier alpha value is -1.50. The fourth-order valence-electron chi connectivity index (χ4n) is 4.97. The van der Waals surface area contributed by atoms with Gasteiger partial charge in [-0.3, -0.25) is 4.98 Å². The topological polar surface area (TPSA) is 44.3 Å². The maximum atomic E-state index is 6.10. The number of hydrogen-bond donors (Lipinski definition) is 2. The summed E-state index contributed by atoms with van der Waals surface area (Å²) in [5.41, 5.74) is 2.40. The van der Waals surface area contributed by atoms with Crippen LogP contribution in [-0.4, -0.2) is 53.3 Å². The molecule has 0 radical (unpaired) electrons. The number of nitrogens with one attached hydrogen (secondary N) is 1. The van der Waals surface area contributed by atoms with Crippen LogP contribution in [0.25, 0.3) is 0 Å². The van der Waals surface area contributed by atoms with Gasteiger partial charge in [0.2, 0.25) is 0 Å². The van der Waals surface area contributed by atoms with Crippen molar-refractivity contribution in [2.24, 2.45) is 11.8 Å². The van der Waals surface area contributed by atoms with Gasteiger partial charge < -0.3 is 15.1 Å². The van der Waals surface area contributed by atoms with Crippen LogP contribution in [0.15, 0.2) is 30.6 Å². The third-order valence-corrected chi connectivity index (χ3v) is 7.31. The number of aromatic nitrogens is 2. The van der Waals surface area contributed by atoms with E-state index in [-0.39, 0.29) is 6.04 Å². The second-order valence-electron chi connectivity index (χ2n) is 9.07. The molecule has 2 aliphatic heterocycles. The molecule has 4 rings (SSSR count). The van der Waals surface area contributed by atoms with Crippen LogP contribution in [0.1, 0.15) is 43.4 Å². The molecule has 0 aliphatic carbocycles. The lowest BCUT2D eigenvalue weighted by atomic mass is 9.80. The van der Waals surface area contributed by atoms with E-state index in [9.17, 15) is 0 Å². The Morgan fingerprint density at radius 3 is 2.84 bits per heavy atom. The Balaban J connectivity index is 1.32. The van der Waals surface area contributed by atoms with Crippen LogP contribution in [0, 0.1) is 18.8 Å². The standard InChI is InChI=1S/C24H34ClN5S/c1-17-11-21(25)6-7-22(17)18(2)27-23-12-26-13-24(28-23)30-15-20(16-30)19-5-3-8-29(14-19)9-4-10-31/h6-7,11-13,18-20,31H,3-5,8-10,14-16H2,1-2H3,(H,27,28)/t18-,19+/m1/s1. The van der Waals surface area contributed by atoms with Crippen LogP contribution in [0.4, 0.5) is 11.6 Å². The SMILES string of the molecule is Cc1cc(Cl)ccc1[C@@H](C)Nc1cncc(N2CC([C@H]3CCCN(CCCS)C3)C2)n1. The molecule has 2 atom stereocenters. The van der Waals surface area contributed by atoms with Gasteiger partial charge in [-0.1, -0.05) is 17.7 Å². The fourth-order valence-corrected chi connectivity index (χ4v) is 5.34. The highest BCUT2D eigenvalue weighted by Gasteiger charge is 2.36. The van der Waals surface area contributed by atoms with Crippen molar-refractivity contribution >= 4 is 35.9 Å². The second-order valence-corrected chi connectivity index (χ2v) is 9.96. The molecule has 0 amide bonds. The van der Waals surface area contributed by atoms with Gasteiger partial charge in [0.05, 0.1) is 18.4 Å². The second kappa shape index (κ2) is 10.4. The molecule has 0 spiro atoms. The summed E-state index contributed by atoms with van der Waals surface area (Å²) in [7, 11) is 0. The van der Waals surface area contributed by atoms with Gasteiger partial charge in [-0.05, 0) is 87.0 Å². The Labute approximate surface area is 197 Å². The third-order valence-electron chi connectivity index (χ3n) is 6.76. The summed E-state index contributed by atoms with van der Waals surface area (Å²) in [6.45, 7) is 10.1. The van der Waals surface area contributed by atoms with Crippen LogP contribution in [-0.2, 0) is 0 Å². The molecule has 2 aromatic rings. The molecule has 0 saturated carbocycles. The largest absolute Gasteiger partial charge is 0.362 e. The first-order valence-corrected chi connectivity index (χ1v) is 12.5. The van der Waals surface area contributed by atoms with E-state index in [4.69, 9.17) is 16.6 Å². The molecule has 1 aromatic heterocycles. The Kier molecular flexibility index (Phi) is 7.62. The molecule has 1 aromatic carbocycles. The molecule has 31 heavy (non-hydrogen) atoms. The van der Waals surface area contributed by atoms with E-state index in [1.54, 1.807) is 0 Å².